The van der Waals surface area contributed by atoms with Crippen LogP contribution in [0.25, 0.3) is 10.9 Å². The molecular formula is C11H13N3O. The Morgan fingerprint density at radius 2 is 2.00 bits per heavy atom. The van der Waals surface area contributed by atoms with Crippen LogP contribution < -0.4 is 5.43 Å². The summed E-state index contributed by atoms with van der Waals surface area (Å²) in [4.78, 5) is 11.7. The van der Waals surface area contributed by atoms with Crippen molar-refractivity contribution in [3.05, 3.63) is 36.5 Å². The zero-order valence-corrected chi connectivity index (χ0v) is 8.77. The number of hydrogen-bond acceptors (Lipinski definition) is 2. The number of aromatic nitrogens is 1. The third kappa shape index (κ3) is 1.85. The van der Waals surface area contributed by atoms with Gasteiger partial charge in [0.15, 0.2) is 0 Å². The Morgan fingerprint density at radius 1 is 1.27 bits per heavy atom. The molecule has 0 aliphatic carbocycles. The van der Waals surface area contributed by atoms with E-state index in [9.17, 15) is 4.79 Å². The Balaban J connectivity index is 2.40. The lowest BCUT2D eigenvalue weighted by molar-refractivity contribution is 0.215. The topological polar surface area (TPSA) is 37.3 Å². The van der Waals surface area contributed by atoms with Gasteiger partial charge >= 0.3 is 6.03 Å². The van der Waals surface area contributed by atoms with Crippen molar-refractivity contribution in [2.24, 2.45) is 0 Å². The average Bonchev–Trinajstić information content (AvgIpc) is 2.59. The van der Waals surface area contributed by atoms with Crippen molar-refractivity contribution < 1.29 is 4.79 Å². The highest BCUT2D eigenvalue weighted by Gasteiger charge is 2.07. The standard InChI is InChI=1S/C11H13N3O/c1-13(2)12-11(15)14-8-7-9-5-3-4-6-10(9)14/h3-8H,1-2H3,(H,12,15). The van der Waals surface area contributed by atoms with Crippen LogP contribution in [0.15, 0.2) is 36.5 Å². The van der Waals surface area contributed by atoms with Crippen LogP contribution in [-0.2, 0) is 0 Å². The number of rotatable bonds is 1. The van der Waals surface area contributed by atoms with Gasteiger partial charge in [0.25, 0.3) is 0 Å². The molecule has 4 heteroatoms. The number of amides is 1. The van der Waals surface area contributed by atoms with E-state index >= 15 is 0 Å². The first-order valence-electron chi connectivity index (χ1n) is 4.73. The molecule has 1 aromatic heterocycles. The maximum Gasteiger partial charge on any atom is 0.340 e. The van der Waals surface area contributed by atoms with Gasteiger partial charge in [-0.25, -0.2) is 9.80 Å². The van der Waals surface area contributed by atoms with Crippen molar-refractivity contribution in [3.63, 3.8) is 0 Å². The van der Waals surface area contributed by atoms with Gasteiger partial charge in [-0.05, 0) is 12.1 Å². The third-order valence-electron chi connectivity index (χ3n) is 2.14. The van der Waals surface area contributed by atoms with Crippen LogP contribution in [-0.4, -0.2) is 29.7 Å². The summed E-state index contributed by atoms with van der Waals surface area (Å²) in [6.45, 7) is 0. The molecule has 2 aromatic rings. The molecule has 0 bridgehead atoms. The molecule has 4 nitrogen and oxygen atoms in total. The third-order valence-corrected chi connectivity index (χ3v) is 2.14. The monoisotopic (exact) mass is 203 g/mol. The first-order valence-corrected chi connectivity index (χ1v) is 4.73. The average molecular weight is 203 g/mol. The molecule has 0 atom stereocenters. The normalized spacial score (nSPS) is 10.9. The first-order chi connectivity index (χ1) is 7.18. The van der Waals surface area contributed by atoms with Gasteiger partial charge in [0, 0.05) is 25.7 Å². The fourth-order valence-corrected chi connectivity index (χ4v) is 1.51. The van der Waals surface area contributed by atoms with Crippen molar-refractivity contribution in [2.75, 3.05) is 14.1 Å². The number of para-hydroxylation sites is 1. The van der Waals surface area contributed by atoms with Crippen LogP contribution in [0.5, 0.6) is 0 Å². The van der Waals surface area contributed by atoms with E-state index < -0.39 is 0 Å². The number of carbonyl (C=O) groups is 1. The lowest BCUT2D eigenvalue weighted by Gasteiger charge is -2.12. The first kappa shape index (κ1) is 9.73. The van der Waals surface area contributed by atoms with Gasteiger partial charge in [-0.1, -0.05) is 18.2 Å². The molecule has 15 heavy (non-hydrogen) atoms. The van der Waals surface area contributed by atoms with Gasteiger partial charge in [-0.15, -0.1) is 0 Å². The maximum atomic E-state index is 11.7. The van der Waals surface area contributed by atoms with Crippen LogP contribution in [0.1, 0.15) is 0 Å². The number of nitrogens with one attached hydrogen (secondary N) is 1. The number of hydrazine groups is 1. The molecule has 0 spiro atoms. The van der Waals surface area contributed by atoms with Crippen LogP contribution in [0.3, 0.4) is 0 Å². The van der Waals surface area contributed by atoms with Gasteiger partial charge in [-0.2, -0.15) is 0 Å². The fourth-order valence-electron chi connectivity index (χ4n) is 1.51. The summed E-state index contributed by atoms with van der Waals surface area (Å²) < 4.78 is 1.59. The number of carbonyl (C=O) groups excluding carboxylic acids is 1. The lowest BCUT2D eigenvalue weighted by Crippen LogP contribution is -2.38. The van der Waals surface area contributed by atoms with Gasteiger partial charge in [0.2, 0.25) is 0 Å². The molecule has 1 N–H and O–H groups in total. The van der Waals surface area contributed by atoms with Crippen LogP contribution in [0, 0.1) is 0 Å². The van der Waals surface area contributed by atoms with Gasteiger partial charge in [-0.3, -0.25) is 9.99 Å². The van der Waals surface area contributed by atoms with E-state index in [1.807, 2.05) is 30.3 Å². The second kappa shape index (κ2) is 3.74. The largest absolute Gasteiger partial charge is 0.340 e. The predicted molar refractivity (Wildman–Crippen MR) is 59.6 cm³/mol. The molecule has 78 valence electrons. The molecule has 1 amide bonds. The summed E-state index contributed by atoms with van der Waals surface area (Å²) in [7, 11) is 3.56. The second-order valence-electron chi connectivity index (χ2n) is 3.56. The second-order valence-corrected chi connectivity index (χ2v) is 3.56. The summed E-state index contributed by atoms with van der Waals surface area (Å²) in [6, 6.07) is 9.54. The summed E-state index contributed by atoms with van der Waals surface area (Å²) in [5.41, 5.74) is 3.61. The van der Waals surface area contributed by atoms with Crippen LogP contribution in [0.4, 0.5) is 4.79 Å². The van der Waals surface area contributed by atoms with E-state index in [0.717, 1.165) is 10.9 Å². The van der Waals surface area contributed by atoms with E-state index in [1.54, 1.807) is 29.9 Å². The number of nitrogens with zero attached hydrogens (tertiary/aromatic N) is 2. The van der Waals surface area contributed by atoms with Gasteiger partial charge in [0.1, 0.15) is 0 Å². The highest BCUT2D eigenvalue weighted by molar-refractivity contribution is 5.91. The van der Waals surface area contributed by atoms with E-state index in [2.05, 4.69) is 5.43 Å². The van der Waals surface area contributed by atoms with Crippen LogP contribution in [0.2, 0.25) is 0 Å². The molecule has 1 aromatic carbocycles. The smallest absolute Gasteiger partial charge is 0.270 e. The number of hydrogen-bond donors (Lipinski definition) is 1. The lowest BCUT2D eigenvalue weighted by atomic mass is 10.2. The van der Waals surface area contributed by atoms with Crippen molar-refractivity contribution in [3.8, 4) is 0 Å². The minimum absolute atomic E-state index is 0.152. The Kier molecular flexibility index (Phi) is 2.43. The Morgan fingerprint density at radius 3 is 2.73 bits per heavy atom. The fraction of sp³-hybridized carbons (Fsp3) is 0.182. The number of fused-ring (bicyclic) bond motifs is 1. The zero-order chi connectivity index (χ0) is 10.8. The highest BCUT2D eigenvalue weighted by atomic mass is 16.2. The van der Waals surface area contributed by atoms with Crippen molar-refractivity contribution in [2.45, 2.75) is 0 Å². The molecular weight excluding hydrogens is 190 g/mol. The van der Waals surface area contributed by atoms with E-state index in [1.165, 1.54) is 0 Å². The summed E-state index contributed by atoms with van der Waals surface area (Å²) >= 11 is 0. The molecule has 0 aliphatic heterocycles. The quantitative estimate of drug-likeness (QED) is 0.716. The predicted octanol–water partition coefficient (Wildman–Crippen LogP) is 1.68. The minimum Gasteiger partial charge on any atom is -0.270 e. The SMILES string of the molecule is CN(C)NC(=O)n1ccc2ccccc21. The number of benzene rings is 1. The highest BCUT2D eigenvalue weighted by Crippen LogP contribution is 2.14. The summed E-state index contributed by atoms with van der Waals surface area (Å²) in [5, 5.41) is 2.68. The minimum atomic E-state index is -0.152. The van der Waals surface area contributed by atoms with E-state index in [4.69, 9.17) is 0 Å². The molecule has 0 saturated heterocycles. The molecule has 0 unspecified atom stereocenters. The molecule has 2 rings (SSSR count). The Labute approximate surface area is 88.1 Å². The molecule has 0 radical (unpaired) electrons. The van der Waals surface area contributed by atoms with Gasteiger partial charge < -0.3 is 0 Å². The molecule has 0 aliphatic rings. The van der Waals surface area contributed by atoms with E-state index in [0.29, 0.717) is 0 Å². The van der Waals surface area contributed by atoms with Crippen molar-refractivity contribution >= 4 is 16.9 Å². The maximum absolute atomic E-state index is 11.7. The van der Waals surface area contributed by atoms with Crippen molar-refractivity contribution in [1.82, 2.24) is 15.0 Å². The molecule has 0 fully saturated rings. The molecule has 1 heterocycles. The molecule has 0 saturated carbocycles. The Bertz CT molecular complexity index is 487. The van der Waals surface area contributed by atoms with Gasteiger partial charge in [0.05, 0.1) is 5.52 Å². The summed E-state index contributed by atoms with van der Waals surface area (Å²) in [5.74, 6) is 0. The van der Waals surface area contributed by atoms with Crippen molar-refractivity contribution in [1.29, 1.82) is 0 Å². The Hall–Kier alpha value is -1.81. The van der Waals surface area contributed by atoms with Crippen LogP contribution >= 0.6 is 0 Å². The van der Waals surface area contributed by atoms with E-state index in [-0.39, 0.29) is 6.03 Å². The zero-order valence-electron chi connectivity index (χ0n) is 8.77. The summed E-state index contributed by atoms with van der Waals surface area (Å²) in [6.07, 6.45) is 1.77.